The van der Waals surface area contributed by atoms with E-state index in [1.807, 2.05) is 6.07 Å². The number of methoxy groups -OCH3 is 1. The fraction of sp³-hybridized carbons (Fsp3) is 0.357. The number of hydrogen-bond acceptors (Lipinski definition) is 3. The Morgan fingerprint density at radius 1 is 0.879 bits per heavy atom. The normalized spacial score (nSPS) is 24.2. The summed E-state index contributed by atoms with van der Waals surface area (Å²) in [6.45, 7) is 3.19. The highest BCUT2D eigenvalue weighted by molar-refractivity contribution is 9.10. The Morgan fingerprint density at radius 3 is 2.03 bits per heavy atom. The molecule has 33 heavy (non-hydrogen) atoms. The van der Waals surface area contributed by atoms with E-state index in [1.165, 1.54) is 42.6 Å². The van der Waals surface area contributed by atoms with Gasteiger partial charge in [0.05, 0.1) is 7.11 Å². The van der Waals surface area contributed by atoms with Gasteiger partial charge in [-0.1, -0.05) is 74.3 Å². The van der Waals surface area contributed by atoms with Gasteiger partial charge in [-0.15, -0.1) is 0 Å². The topological polar surface area (TPSA) is 24.5 Å². The van der Waals surface area contributed by atoms with Crippen LogP contribution in [0.25, 0.3) is 0 Å². The first-order valence-corrected chi connectivity index (χ1v) is 13.3. The summed E-state index contributed by atoms with van der Waals surface area (Å²) in [7, 11) is 1.76. The Kier molecular flexibility index (Phi) is 7.21. The van der Waals surface area contributed by atoms with Crippen molar-refractivity contribution in [3.63, 3.8) is 0 Å². The van der Waals surface area contributed by atoms with Crippen molar-refractivity contribution in [2.75, 3.05) is 20.2 Å². The second kappa shape index (κ2) is 10.3. The molecule has 0 unspecified atom stereocenters. The minimum Gasteiger partial charge on any atom is -0.496 e. The molecule has 3 aliphatic heterocycles. The highest BCUT2D eigenvalue weighted by Gasteiger charge is 2.46. The van der Waals surface area contributed by atoms with Crippen molar-refractivity contribution in [1.29, 1.82) is 0 Å². The lowest BCUT2D eigenvalue weighted by atomic mass is 9.70. The Balaban J connectivity index is 1.51. The summed E-state index contributed by atoms with van der Waals surface area (Å²) < 4.78 is 7.87. The summed E-state index contributed by atoms with van der Waals surface area (Å²) >= 11 is 7.25. The zero-order valence-electron chi connectivity index (χ0n) is 18.9. The fourth-order valence-corrected chi connectivity index (χ4v) is 6.32. The lowest BCUT2D eigenvalue weighted by Crippen LogP contribution is -2.64. The predicted octanol–water partition coefficient (Wildman–Crippen LogP) is 6.60. The highest BCUT2D eigenvalue weighted by atomic mass is 79.9. The zero-order chi connectivity index (χ0) is 22.8. The van der Waals surface area contributed by atoms with Crippen LogP contribution in [-0.4, -0.2) is 37.2 Å². The van der Waals surface area contributed by atoms with Crippen LogP contribution >= 0.6 is 31.9 Å². The summed E-state index contributed by atoms with van der Waals surface area (Å²) in [6.07, 6.45) is 2.54. The van der Waals surface area contributed by atoms with Gasteiger partial charge in [-0.2, -0.15) is 0 Å². The van der Waals surface area contributed by atoms with E-state index in [2.05, 4.69) is 109 Å². The number of nitrogens with one attached hydrogen (secondary N) is 1. The fourth-order valence-electron chi connectivity index (χ4n) is 5.79. The molecule has 0 saturated carbocycles. The van der Waals surface area contributed by atoms with E-state index in [1.54, 1.807) is 7.11 Å². The van der Waals surface area contributed by atoms with Crippen LogP contribution in [0.5, 0.6) is 5.75 Å². The third kappa shape index (κ3) is 4.93. The van der Waals surface area contributed by atoms with E-state index >= 15 is 0 Å². The lowest BCUT2D eigenvalue weighted by Gasteiger charge is -2.54. The smallest absolute Gasteiger partial charge is 0.123 e. The van der Waals surface area contributed by atoms with E-state index in [4.69, 9.17) is 4.74 Å². The molecule has 0 aromatic heterocycles. The SMILES string of the molecule is COc1ccccc1CN[C@@H]1C2CCN(CC2)[C@H]1C(c1ccc(Br)cc1)c1ccc(Br)cc1. The Hall–Kier alpha value is -1.66. The van der Waals surface area contributed by atoms with Crippen LogP contribution in [0.15, 0.2) is 81.7 Å². The van der Waals surface area contributed by atoms with Gasteiger partial charge in [0.15, 0.2) is 0 Å². The first-order valence-electron chi connectivity index (χ1n) is 11.7. The van der Waals surface area contributed by atoms with Crippen LogP contribution in [0.1, 0.15) is 35.4 Å². The van der Waals surface area contributed by atoms with E-state index in [0.717, 1.165) is 21.2 Å². The van der Waals surface area contributed by atoms with Gasteiger partial charge >= 0.3 is 0 Å². The minimum absolute atomic E-state index is 0.310. The number of piperidine rings is 3. The summed E-state index contributed by atoms with van der Waals surface area (Å²) in [5.74, 6) is 1.97. The largest absolute Gasteiger partial charge is 0.496 e. The van der Waals surface area contributed by atoms with Gasteiger partial charge in [-0.25, -0.2) is 0 Å². The molecule has 172 valence electrons. The average molecular weight is 570 g/mol. The van der Waals surface area contributed by atoms with Crippen molar-refractivity contribution in [3.8, 4) is 5.75 Å². The molecule has 2 atom stereocenters. The van der Waals surface area contributed by atoms with Crippen molar-refractivity contribution in [3.05, 3.63) is 98.4 Å². The number of benzene rings is 3. The van der Waals surface area contributed by atoms with Crippen molar-refractivity contribution < 1.29 is 4.74 Å². The molecule has 0 radical (unpaired) electrons. The molecule has 3 heterocycles. The second-order valence-corrected chi connectivity index (χ2v) is 11.0. The van der Waals surface area contributed by atoms with Crippen LogP contribution in [0.2, 0.25) is 0 Å². The summed E-state index contributed by atoms with van der Waals surface area (Å²) in [6, 6.07) is 27.1. The van der Waals surface area contributed by atoms with Crippen LogP contribution < -0.4 is 10.1 Å². The van der Waals surface area contributed by atoms with Crippen molar-refractivity contribution in [2.45, 2.75) is 37.4 Å². The Bertz CT molecular complexity index is 1020. The molecular formula is C28H30Br2N2O. The maximum atomic E-state index is 5.62. The van der Waals surface area contributed by atoms with Crippen molar-refractivity contribution in [2.24, 2.45) is 5.92 Å². The third-order valence-electron chi connectivity index (χ3n) is 7.39. The molecule has 3 fully saturated rings. The number of fused-ring (bicyclic) bond motifs is 3. The van der Waals surface area contributed by atoms with Gasteiger partial charge in [-0.3, -0.25) is 4.90 Å². The van der Waals surface area contributed by atoms with Crippen LogP contribution in [0, 0.1) is 5.92 Å². The van der Waals surface area contributed by atoms with Crippen molar-refractivity contribution >= 4 is 31.9 Å². The second-order valence-electron chi connectivity index (χ2n) is 9.16. The Morgan fingerprint density at radius 2 is 1.45 bits per heavy atom. The van der Waals surface area contributed by atoms with Gasteiger partial charge in [0.2, 0.25) is 0 Å². The summed E-state index contributed by atoms with van der Waals surface area (Å²) in [5, 5.41) is 4.00. The van der Waals surface area contributed by atoms with Crippen LogP contribution in [-0.2, 0) is 6.54 Å². The number of hydrogen-bond donors (Lipinski definition) is 1. The standard InChI is InChI=1S/C28H30Br2N2O/c1-33-25-5-3-2-4-22(25)18-31-27-21-14-16-32(17-15-21)28(27)26(19-6-10-23(29)11-7-19)20-8-12-24(30)13-9-20/h2-13,21,26-28,31H,14-18H2,1H3/t27-,28+/m1/s1. The van der Waals surface area contributed by atoms with E-state index < -0.39 is 0 Å². The molecule has 3 aliphatic rings. The third-order valence-corrected chi connectivity index (χ3v) is 8.45. The molecule has 3 nitrogen and oxygen atoms in total. The van der Waals surface area contributed by atoms with Gasteiger partial charge in [-0.05, 0) is 73.3 Å². The molecule has 0 spiro atoms. The maximum Gasteiger partial charge on any atom is 0.123 e. The average Bonchev–Trinajstić information content (AvgIpc) is 2.86. The van der Waals surface area contributed by atoms with E-state index in [-0.39, 0.29) is 0 Å². The summed E-state index contributed by atoms with van der Waals surface area (Å²) in [5.41, 5.74) is 3.98. The van der Waals surface area contributed by atoms with Gasteiger partial charge in [0.1, 0.15) is 5.75 Å². The van der Waals surface area contributed by atoms with Gasteiger partial charge < -0.3 is 10.1 Å². The molecule has 1 N–H and O–H groups in total. The maximum absolute atomic E-state index is 5.62. The molecule has 0 aliphatic carbocycles. The predicted molar refractivity (Wildman–Crippen MR) is 142 cm³/mol. The van der Waals surface area contributed by atoms with E-state index in [9.17, 15) is 0 Å². The first kappa shape index (κ1) is 23.1. The molecule has 0 amide bonds. The van der Waals surface area contributed by atoms with Gasteiger partial charge in [0.25, 0.3) is 0 Å². The summed E-state index contributed by atoms with van der Waals surface area (Å²) in [4.78, 5) is 2.73. The number of para-hydroxylation sites is 1. The molecule has 5 heteroatoms. The molecule has 3 saturated heterocycles. The van der Waals surface area contributed by atoms with Crippen LogP contribution in [0.3, 0.4) is 0 Å². The van der Waals surface area contributed by atoms with Crippen LogP contribution in [0.4, 0.5) is 0 Å². The van der Waals surface area contributed by atoms with E-state index in [0.29, 0.717) is 23.9 Å². The molecule has 2 bridgehead atoms. The molecule has 3 aromatic rings. The van der Waals surface area contributed by atoms with Crippen molar-refractivity contribution in [1.82, 2.24) is 10.2 Å². The first-order chi connectivity index (χ1) is 16.1. The number of rotatable bonds is 7. The highest BCUT2D eigenvalue weighted by Crippen LogP contribution is 2.42. The quantitative estimate of drug-likeness (QED) is 0.347. The lowest BCUT2D eigenvalue weighted by molar-refractivity contribution is 0.00462. The monoisotopic (exact) mass is 568 g/mol. The molecular weight excluding hydrogens is 540 g/mol. The molecule has 6 rings (SSSR count). The minimum atomic E-state index is 0.310. The number of nitrogens with zero attached hydrogens (tertiary/aromatic N) is 1. The van der Waals surface area contributed by atoms with Gasteiger partial charge in [0, 0.05) is 39.1 Å². The number of halogens is 2. The Labute approximate surface area is 213 Å². The molecule has 3 aromatic carbocycles. The number of ether oxygens (including phenoxy) is 1. The zero-order valence-corrected chi connectivity index (χ0v) is 22.1.